The lowest BCUT2D eigenvalue weighted by Gasteiger charge is -2.38. The number of aliphatic hydroxyl groups is 1. The van der Waals surface area contributed by atoms with Crippen molar-refractivity contribution in [1.29, 1.82) is 0 Å². The van der Waals surface area contributed by atoms with Crippen molar-refractivity contribution in [3.63, 3.8) is 0 Å². The molecule has 0 spiro atoms. The summed E-state index contributed by atoms with van der Waals surface area (Å²) in [5.41, 5.74) is 0.401. The SMILES string of the molecule is CCOCC1O[C@@H](n2cnc3c(Cl)nc(NC(=O)C(C)C)nc32)[C@H](O)[C@@H]1O[Si](O)(C(C)C)C(C)CCC(C)SC(C)C. The number of ether oxygens (including phenoxy) is 2. The zero-order valence-corrected chi connectivity index (χ0v) is 28.8. The van der Waals surface area contributed by atoms with Gasteiger partial charge < -0.3 is 23.8 Å². The maximum Gasteiger partial charge on any atom is 0.341 e. The molecule has 238 valence electrons. The van der Waals surface area contributed by atoms with Crippen LogP contribution in [-0.2, 0) is 18.7 Å². The summed E-state index contributed by atoms with van der Waals surface area (Å²) in [6, 6.07) is 0. The van der Waals surface area contributed by atoms with Gasteiger partial charge in [0.1, 0.15) is 23.8 Å². The largest absolute Gasteiger partial charge is 0.410 e. The number of aliphatic hydroxyl groups excluding tert-OH is 1. The average Bonchev–Trinajstić information content (AvgIpc) is 3.46. The van der Waals surface area contributed by atoms with Crippen molar-refractivity contribution in [3.8, 4) is 0 Å². The second-order valence-electron chi connectivity index (χ2n) is 12.0. The van der Waals surface area contributed by atoms with Crippen molar-refractivity contribution < 1.29 is 28.6 Å². The number of aromatic nitrogens is 4. The Morgan fingerprint density at radius 2 is 1.88 bits per heavy atom. The van der Waals surface area contributed by atoms with Crippen LogP contribution in [0, 0.1) is 5.92 Å². The lowest BCUT2D eigenvalue weighted by atomic mass is 10.1. The number of fused-ring (bicyclic) bond motifs is 1. The number of anilines is 1. The van der Waals surface area contributed by atoms with E-state index in [2.05, 4.69) is 41.0 Å². The summed E-state index contributed by atoms with van der Waals surface area (Å²) in [5, 5.41) is 15.4. The van der Waals surface area contributed by atoms with Crippen LogP contribution in [0.15, 0.2) is 6.33 Å². The molecule has 3 heterocycles. The Hall–Kier alpha value is -1.32. The minimum Gasteiger partial charge on any atom is -0.410 e. The van der Waals surface area contributed by atoms with Crippen molar-refractivity contribution in [2.75, 3.05) is 18.5 Å². The van der Waals surface area contributed by atoms with Crippen LogP contribution in [0.3, 0.4) is 0 Å². The summed E-state index contributed by atoms with van der Waals surface area (Å²) < 4.78 is 20.2. The smallest absolute Gasteiger partial charge is 0.341 e. The number of hydrogen-bond donors (Lipinski definition) is 3. The minimum atomic E-state index is -3.36. The van der Waals surface area contributed by atoms with Gasteiger partial charge in [-0.3, -0.25) is 14.7 Å². The third kappa shape index (κ3) is 8.23. The van der Waals surface area contributed by atoms with E-state index in [-0.39, 0.29) is 46.3 Å². The molecule has 3 N–H and O–H groups in total. The molecule has 2 aromatic heterocycles. The Morgan fingerprint density at radius 3 is 2.48 bits per heavy atom. The highest BCUT2D eigenvalue weighted by atomic mass is 35.5. The van der Waals surface area contributed by atoms with Crippen molar-refractivity contribution >= 4 is 54.9 Å². The molecule has 14 heteroatoms. The summed E-state index contributed by atoms with van der Waals surface area (Å²) in [4.78, 5) is 37.3. The number of nitrogens with one attached hydrogen (secondary N) is 1. The van der Waals surface area contributed by atoms with Crippen molar-refractivity contribution in [1.82, 2.24) is 19.5 Å². The van der Waals surface area contributed by atoms with Crippen LogP contribution in [0.1, 0.15) is 81.4 Å². The molecule has 1 aliphatic rings. The molecular formula is C28H48ClN5O6SSi. The van der Waals surface area contributed by atoms with Gasteiger partial charge in [-0.15, -0.1) is 0 Å². The molecule has 4 unspecified atom stereocenters. The van der Waals surface area contributed by atoms with Crippen LogP contribution in [0.25, 0.3) is 11.2 Å². The first-order chi connectivity index (χ1) is 19.7. The van der Waals surface area contributed by atoms with E-state index in [0.717, 1.165) is 12.8 Å². The summed E-state index contributed by atoms with van der Waals surface area (Å²) in [6.45, 7) is 18.6. The Bertz CT molecular complexity index is 1190. The number of halogens is 1. The van der Waals surface area contributed by atoms with E-state index in [9.17, 15) is 14.7 Å². The number of thioether (sulfide) groups is 1. The molecule has 0 radical (unpaired) electrons. The second kappa shape index (κ2) is 15.1. The van der Waals surface area contributed by atoms with Gasteiger partial charge in [0.25, 0.3) is 0 Å². The van der Waals surface area contributed by atoms with Gasteiger partial charge in [0.2, 0.25) is 11.9 Å². The topological polar surface area (TPSA) is 141 Å². The number of imidazole rings is 1. The summed E-state index contributed by atoms with van der Waals surface area (Å²) >= 11 is 8.32. The molecule has 1 fully saturated rings. The maximum atomic E-state index is 12.3. The number of carbonyl (C=O) groups is 1. The predicted octanol–water partition coefficient (Wildman–Crippen LogP) is 5.30. The standard InChI is InChI=1S/C28H48ClN5O6SSi/c1-10-38-13-20-23(40-42(37,17(6)7)19(9)12-11-18(8)41-16(4)5)22(35)27(39-20)34-14-30-21-24(29)31-28(32-25(21)34)33-26(36)15(2)3/h14-20,22-23,27,35,37H,10-13H2,1-9H3,(H,31,32,33,36)/t18?,19?,20?,22-,23-,27-,42?/m1/s1. The van der Waals surface area contributed by atoms with Gasteiger partial charge in [0, 0.05) is 23.3 Å². The lowest BCUT2D eigenvalue weighted by molar-refractivity contribution is -0.118. The molecule has 2 aromatic rings. The highest BCUT2D eigenvalue weighted by molar-refractivity contribution is 8.00. The molecule has 0 bridgehead atoms. The van der Waals surface area contributed by atoms with Gasteiger partial charge in [-0.05, 0) is 30.6 Å². The minimum absolute atomic E-state index is 0.0272. The van der Waals surface area contributed by atoms with Crippen LogP contribution in [0.4, 0.5) is 5.95 Å². The molecule has 0 aromatic carbocycles. The van der Waals surface area contributed by atoms with Crippen LogP contribution < -0.4 is 5.32 Å². The van der Waals surface area contributed by atoms with E-state index in [1.807, 2.05) is 39.5 Å². The maximum absolute atomic E-state index is 12.3. The quantitative estimate of drug-likeness (QED) is 0.173. The number of carbonyl (C=O) groups excluding carboxylic acids is 1. The normalized spacial score (nSPS) is 24.1. The Balaban J connectivity index is 1.91. The number of rotatable bonds is 15. The average molecular weight is 646 g/mol. The van der Waals surface area contributed by atoms with E-state index in [0.29, 0.717) is 22.6 Å². The molecule has 1 amide bonds. The zero-order valence-electron chi connectivity index (χ0n) is 26.2. The van der Waals surface area contributed by atoms with Gasteiger partial charge in [0.15, 0.2) is 17.0 Å². The van der Waals surface area contributed by atoms with Crippen molar-refractivity contribution in [2.45, 2.75) is 121 Å². The summed E-state index contributed by atoms with van der Waals surface area (Å²) in [7, 11) is -3.36. The first-order valence-corrected chi connectivity index (χ1v) is 18.2. The zero-order chi connectivity index (χ0) is 31.4. The van der Waals surface area contributed by atoms with E-state index < -0.39 is 33.1 Å². The molecule has 0 saturated carbocycles. The molecule has 7 atom stereocenters. The monoisotopic (exact) mass is 645 g/mol. The number of amides is 1. The van der Waals surface area contributed by atoms with Gasteiger partial charge in [-0.2, -0.15) is 21.7 Å². The van der Waals surface area contributed by atoms with E-state index in [1.165, 1.54) is 6.33 Å². The third-order valence-corrected chi connectivity index (χ3v) is 13.1. The van der Waals surface area contributed by atoms with Crippen molar-refractivity contribution in [3.05, 3.63) is 11.5 Å². The highest BCUT2D eigenvalue weighted by Crippen LogP contribution is 2.42. The van der Waals surface area contributed by atoms with Crippen LogP contribution in [-0.4, -0.2) is 85.9 Å². The van der Waals surface area contributed by atoms with Gasteiger partial charge in [0.05, 0.1) is 12.9 Å². The molecule has 42 heavy (non-hydrogen) atoms. The number of hydrogen-bond acceptors (Lipinski definition) is 10. The van der Waals surface area contributed by atoms with Gasteiger partial charge in [-0.25, -0.2) is 4.98 Å². The molecule has 1 aliphatic heterocycles. The molecule has 1 saturated heterocycles. The fourth-order valence-corrected chi connectivity index (χ4v) is 9.47. The van der Waals surface area contributed by atoms with Gasteiger partial charge in [-0.1, -0.05) is 67.0 Å². The van der Waals surface area contributed by atoms with Crippen LogP contribution >= 0.6 is 23.4 Å². The highest BCUT2D eigenvalue weighted by Gasteiger charge is 2.53. The van der Waals surface area contributed by atoms with Crippen molar-refractivity contribution in [2.24, 2.45) is 5.92 Å². The van der Waals surface area contributed by atoms with E-state index >= 15 is 0 Å². The van der Waals surface area contributed by atoms with Crippen LogP contribution in [0.2, 0.25) is 16.2 Å². The second-order valence-corrected chi connectivity index (χ2v) is 18.2. The van der Waals surface area contributed by atoms with E-state index in [4.69, 9.17) is 25.5 Å². The fraction of sp³-hybridized carbons (Fsp3) is 0.786. The lowest BCUT2D eigenvalue weighted by Crippen LogP contribution is -2.53. The molecular weight excluding hydrogens is 598 g/mol. The Kier molecular flexibility index (Phi) is 12.6. The first-order valence-electron chi connectivity index (χ1n) is 14.9. The molecule has 0 aliphatic carbocycles. The fourth-order valence-electron chi connectivity index (χ4n) is 5.11. The molecule has 3 rings (SSSR count). The summed E-state index contributed by atoms with van der Waals surface area (Å²) in [5.74, 6) is -0.517. The van der Waals surface area contributed by atoms with Crippen LogP contribution in [0.5, 0.6) is 0 Å². The summed E-state index contributed by atoms with van der Waals surface area (Å²) in [6.07, 6.45) is -0.376. The Morgan fingerprint density at radius 1 is 1.19 bits per heavy atom. The first kappa shape index (κ1) is 35.2. The predicted molar refractivity (Wildman–Crippen MR) is 169 cm³/mol. The molecule has 11 nitrogen and oxygen atoms in total. The third-order valence-electron chi connectivity index (χ3n) is 7.58. The number of nitrogens with zero attached hydrogens (tertiary/aromatic N) is 4. The van der Waals surface area contributed by atoms with Gasteiger partial charge >= 0.3 is 8.56 Å². The van der Waals surface area contributed by atoms with E-state index in [1.54, 1.807) is 18.4 Å². The Labute approximate surface area is 259 Å².